The summed E-state index contributed by atoms with van der Waals surface area (Å²) in [6, 6.07) is 6.86. The zero-order valence-electron chi connectivity index (χ0n) is 10.2. The van der Waals surface area contributed by atoms with Crippen LogP contribution in [0.5, 0.6) is 0 Å². The number of rotatable bonds is 3. The molecule has 96 valence electrons. The van der Waals surface area contributed by atoms with Crippen molar-refractivity contribution >= 4 is 11.6 Å². The van der Waals surface area contributed by atoms with E-state index in [2.05, 4.69) is 5.32 Å². The van der Waals surface area contributed by atoms with Crippen LogP contribution in [-0.4, -0.2) is 24.5 Å². The Labute approximate surface area is 106 Å². The van der Waals surface area contributed by atoms with Crippen LogP contribution in [0.25, 0.3) is 0 Å². The number of carbonyl (C=O) groups excluding carboxylic acids is 1. The van der Waals surface area contributed by atoms with Crippen molar-refractivity contribution in [3.8, 4) is 0 Å². The highest BCUT2D eigenvalue weighted by Crippen LogP contribution is 2.26. The van der Waals surface area contributed by atoms with E-state index in [0.29, 0.717) is 18.3 Å². The van der Waals surface area contributed by atoms with E-state index in [9.17, 15) is 9.18 Å². The minimum absolute atomic E-state index is 0.0123. The lowest BCUT2D eigenvalue weighted by Crippen LogP contribution is -2.51. The second-order valence-electron chi connectivity index (χ2n) is 5.08. The van der Waals surface area contributed by atoms with E-state index in [0.717, 1.165) is 25.7 Å². The highest BCUT2D eigenvalue weighted by Gasteiger charge is 2.34. The Balaban J connectivity index is 1.79. The molecule has 0 radical (unpaired) electrons. The van der Waals surface area contributed by atoms with Crippen LogP contribution >= 0.6 is 0 Å². The van der Waals surface area contributed by atoms with Crippen molar-refractivity contribution < 1.29 is 9.18 Å². The second-order valence-corrected chi connectivity index (χ2v) is 5.08. The molecule has 0 spiro atoms. The highest BCUT2D eigenvalue weighted by molar-refractivity contribution is 5.98. The third kappa shape index (κ3) is 2.25. The second kappa shape index (κ2) is 4.69. The van der Waals surface area contributed by atoms with Gasteiger partial charge in [-0.1, -0.05) is 12.1 Å². The summed E-state index contributed by atoms with van der Waals surface area (Å²) < 4.78 is 13.7. The smallest absolute Gasteiger partial charge is 0.244 e. The number of hydrogen-bond acceptors (Lipinski definition) is 2. The summed E-state index contributed by atoms with van der Waals surface area (Å²) in [5.74, 6) is -0.309. The SMILES string of the molecule is O=C1C(NC2CC2)CCCN1c1ccccc1F. The van der Waals surface area contributed by atoms with Crippen LogP contribution in [0, 0.1) is 5.82 Å². The van der Waals surface area contributed by atoms with Gasteiger partial charge in [-0.05, 0) is 37.8 Å². The van der Waals surface area contributed by atoms with E-state index in [1.807, 2.05) is 0 Å². The first-order valence-electron chi connectivity index (χ1n) is 6.57. The Bertz CT molecular complexity index is 459. The summed E-state index contributed by atoms with van der Waals surface area (Å²) in [6.45, 7) is 0.614. The minimum Gasteiger partial charge on any atom is -0.308 e. The van der Waals surface area contributed by atoms with Gasteiger partial charge in [-0.25, -0.2) is 4.39 Å². The topological polar surface area (TPSA) is 32.3 Å². The Morgan fingerprint density at radius 2 is 2.00 bits per heavy atom. The maximum Gasteiger partial charge on any atom is 0.244 e. The van der Waals surface area contributed by atoms with Gasteiger partial charge in [-0.15, -0.1) is 0 Å². The average molecular weight is 248 g/mol. The normalized spacial score (nSPS) is 24.4. The van der Waals surface area contributed by atoms with Gasteiger partial charge < -0.3 is 10.2 Å². The number of halogens is 1. The van der Waals surface area contributed by atoms with E-state index < -0.39 is 0 Å². The number of para-hydroxylation sites is 1. The molecule has 1 aromatic carbocycles. The van der Waals surface area contributed by atoms with Crippen molar-refractivity contribution in [3.05, 3.63) is 30.1 Å². The summed E-state index contributed by atoms with van der Waals surface area (Å²) in [4.78, 5) is 13.9. The molecule has 18 heavy (non-hydrogen) atoms. The van der Waals surface area contributed by atoms with Gasteiger partial charge >= 0.3 is 0 Å². The molecule has 2 fully saturated rings. The summed E-state index contributed by atoms with van der Waals surface area (Å²) in [6.07, 6.45) is 4.09. The molecule has 1 saturated carbocycles. The Morgan fingerprint density at radius 3 is 2.72 bits per heavy atom. The van der Waals surface area contributed by atoms with Crippen molar-refractivity contribution in [3.63, 3.8) is 0 Å². The van der Waals surface area contributed by atoms with Crippen LogP contribution in [0.1, 0.15) is 25.7 Å². The van der Waals surface area contributed by atoms with Crippen LogP contribution in [0.4, 0.5) is 10.1 Å². The summed E-state index contributed by atoms with van der Waals surface area (Å²) in [5, 5.41) is 3.35. The molecule has 1 N–H and O–H groups in total. The van der Waals surface area contributed by atoms with Crippen LogP contribution in [0.3, 0.4) is 0 Å². The number of carbonyl (C=O) groups is 1. The fourth-order valence-corrected chi connectivity index (χ4v) is 2.47. The molecular formula is C14H17FN2O. The number of piperidine rings is 1. The third-order valence-corrected chi connectivity index (χ3v) is 3.60. The van der Waals surface area contributed by atoms with E-state index in [1.165, 1.54) is 6.07 Å². The van der Waals surface area contributed by atoms with E-state index in [4.69, 9.17) is 0 Å². The van der Waals surface area contributed by atoms with Crippen LogP contribution in [0.2, 0.25) is 0 Å². The number of amides is 1. The Kier molecular flexibility index (Phi) is 3.04. The number of anilines is 1. The molecule has 4 heteroatoms. The summed E-state index contributed by atoms with van der Waals surface area (Å²) >= 11 is 0. The maximum atomic E-state index is 13.7. The first-order chi connectivity index (χ1) is 8.75. The predicted octanol–water partition coefficient (Wildman–Crippen LogP) is 2.07. The standard InChI is InChI=1S/C14H17FN2O/c15-11-4-1-2-6-13(11)17-9-3-5-12(14(17)18)16-10-7-8-10/h1-2,4,6,10,12,16H,3,5,7-9H2. The molecule has 3 nitrogen and oxygen atoms in total. The lowest BCUT2D eigenvalue weighted by atomic mass is 10.0. The fraction of sp³-hybridized carbons (Fsp3) is 0.500. The lowest BCUT2D eigenvalue weighted by molar-refractivity contribution is -0.121. The molecule has 1 amide bonds. The fourth-order valence-electron chi connectivity index (χ4n) is 2.47. The molecule has 1 saturated heterocycles. The van der Waals surface area contributed by atoms with Crippen molar-refractivity contribution in [1.82, 2.24) is 5.32 Å². The van der Waals surface area contributed by atoms with Gasteiger partial charge in [-0.2, -0.15) is 0 Å². The molecule has 3 rings (SSSR count). The average Bonchev–Trinajstić information content (AvgIpc) is 3.17. The first-order valence-corrected chi connectivity index (χ1v) is 6.57. The zero-order chi connectivity index (χ0) is 12.5. The Morgan fingerprint density at radius 1 is 1.22 bits per heavy atom. The molecule has 0 aromatic heterocycles. The molecule has 0 bridgehead atoms. The van der Waals surface area contributed by atoms with Gasteiger partial charge in [0.2, 0.25) is 5.91 Å². The molecule has 1 aromatic rings. The molecule has 1 unspecified atom stereocenters. The van der Waals surface area contributed by atoms with Crippen LogP contribution in [0.15, 0.2) is 24.3 Å². The van der Waals surface area contributed by atoms with Crippen molar-refractivity contribution in [2.24, 2.45) is 0 Å². The summed E-state index contributed by atoms with van der Waals surface area (Å²) in [7, 11) is 0. The quantitative estimate of drug-likeness (QED) is 0.888. The van der Waals surface area contributed by atoms with Crippen molar-refractivity contribution in [1.29, 1.82) is 0 Å². The van der Waals surface area contributed by atoms with E-state index in [-0.39, 0.29) is 17.8 Å². The minimum atomic E-state index is -0.321. The van der Waals surface area contributed by atoms with Gasteiger partial charge in [0.05, 0.1) is 11.7 Å². The van der Waals surface area contributed by atoms with E-state index >= 15 is 0 Å². The first kappa shape index (κ1) is 11.7. The molecule has 1 atom stereocenters. The molecule has 2 aliphatic rings. The predicted molar refractivity (Wildman–Crippen MR) is 67.9 cm³/mol. The largest absolute Gasteiger partial charge is 0.308 e. The Hall–Kier alpha value is -1.42. The molecule has 1 aliphatic heterocycles. The molecule has 1 heterocycles. The van der Waals surface area contributed by atoms with E-state index in [1.54, 1.807) is 23.1 Å². The van der Waals surface area contributed by atoms with Crippen LogP contribution in [-0.2, 0) is 4.79 Å². The van der Waals surface area contributed by atoms with Crippen LogP contribution < -0.4 is 10.2 Å². The van der Waals surface area contributed by atoms with Gasteiger partial charge in [0.1, 0.15) is 5.82 Å². The van der Waals surface area contributed by atoms with Gasteiger partial charge in [0, 0.05) is 12.6 Å². The lowest BCUT2D eigenvalue weighted by Gasteiger charge is -2.33. The number of nitrogens with one attached hydrogen (secondary N) is 1. The van der Waals surface area contributed by atoms with Gasteiger partial charge in [0.25, 0.3) is 0 Å². The zero-order valence-corrected chi connectivity index (χ0v) is 10.2. The third-order valence-electron chi connectivity index (χ3n) is 3.60. The maximum absolute atomic E-state index is 13.7. The molecule has 1 aliphatic carbocycles. The monoisotopic (exact) mass is 248 g/mol. The van der Waals surface area contributed by atoms with Crippen molar-refractivity contribution in [2.45, 2.75) is 37.8 Å². The highest BCUT2D eigenvalue weighted by atomic mass is 19.1. The number of hydrogen-bond donors (Lipinski definition) is 1. The molecular weight excluding hydrogens is 231 g/mol. The van der Waals surface area contributed by atoms with Crippen molar-refractivity contribution in [2.75, 3.05) is 11.4 Å². The summed E-state index contributed by atoms with van der Waals surface area (Å²) in [5.41, 5.74) is 0.407. The number of benzene rings is 1. The number of nitrogens with zero attached hydrogens (tertiary/aromatic N) is 1. The van der Waals surface area contributed by atoms with Gasteiger partial charge in [0.15, 0.2) is 0 Å². The van der Waals surface area contributed by atoms with Gasteiger partial charge in [-0.3, -0.25) is 4.79 Å².